The van der Waals surface area contributed by atoms with E-state index in [4.69, 9.17) is 0 Å². The standard InChI is InChI=1S/C8H9F3I2N2/c1-7(2,3)15-5(8(9,10)11)4(12)6(13)14-15/h1-3H3. The first-order valence-electron chi connectivity index (χ1n) is 4.07. The highest BCUT2D eigenvalue weighted by atomic mass is 127. The zero-order valence-corrected chi connectivity index (χ0v) is 12.6. The molecule has 0 aliphatic carbocycles. The number of rotatable bonds is 0. The fourth-order valence-electron chi connectivity index (χ4n) is 1.10. The van der Waals surface area contributed by atoms with Gasteiger partial charge in [-0.3, -0.25) is 4.68 Å². The first-order chi connectivity index (χ1) is 6.55. The highest BCUT2D eigenvalue weighted by Crippen LogP contribution is 2.37. The van der Waals surface area contributed by atoms with Crippen molar-refractivity contribution in [2.45, 2.75) is 32.5 Å². The summed E-state index contributed by atoms with van der Waals surface area (Å²) in [7, 11) is 0. The largest absolute Gasteiger partial charge is 0.434 e. The Kier molecular flexibility index (Phi) is 3.64. The third-order valence-corrected chi connectivity index (χ3v) is 4.50. The van der Waals surface area contributed by atoms with Gasteiger partial charge in [0.2, 0.25) is 0 Å². The van der Waals surface area contributed by atoms with Crippen molar-refractivity contribution in [2.75, 3.05) is 0 Å². The number of nitrogens with zero attached hydrogens (tertiary/aromatic N) is 2. The summed E-state index contributed by atoms with van der Waals surface area (Å²) < 4.78 is 39.9. The average molecular weight is 444 g/mol. The summed E-state index contributed by atoms with van der Waals surface area (Å²) in [6.45, 7) is 5.09. The highest BCUT2D eigenvalue weighted by molar-refractivity contribution is 14.1. The quantitative estimate of drug-likeness (QED) is 0.557. The molecule has 0 bridgehead atoms. The molecule has 2 nitrogen and oxygen atoms in total. The molecule has 0 saturated carbocycles. The summed E-state index contributed by atoms with van der Waals surface area (Å²) in [5.74, 6) is 0. The van der Waals surface area contributed by atoms with Gasteiger partial charge in [0.1, 0.15) is 3.70 Å². The van der Waals surface area contributed by atoms with E-state index in [0.717, 1.165) is 4.68 Å². The number of hydrogen-bond donors (Lipinski definition) is 0. The average Bonchev–Trinajstić information content (AvgIpc) is 2.25. The van der Waals surface area contributed by atoms with Gasteiger partial charge in [0, 0.05) is 0 Å². The Labute approximate surface area is 113 Å². The van der Waals surface area contributed by atoms with E-state index in [0.29, 0.717) is 3.70 Å². The Morgan fingerprint density at radius 1 is 1.13 bits per heavy atom. The Morgan fingerprint density at radius 3 is 1.87 bits per heavy atom. The molecule has 0 fully saturated rings. The monoisotopic (exact) mass is 444 g/mol. The molecule has 1 aromatic heterocycles. The van der Waals surface area contributed by atoms with Crippen LogP contribution in [0.15, 0.2) is 0 Å². The van der Waals surface area contributed by atoms with E-state index in [9.17, 15) is 13.2 Å². The second kappa shape index (κ2) is 4.04. The van der Waals surface area contributed by atoms with Crippen molar-refractivity contribution < 1.29 is 13.2 Å². The Morgan fingerprint density at radius 2 is 1.60 bits per heavy atom. The van der Waals surface area contributed by atoms with E-state index in [1.165, 1.54) is 0 Å². The van der Waals surface area contributed by atoms with Gasteiger partial charge in [-0.15, -0.1) is 0 Å². The molecule has 0 unspecified atom stereocenters. The molecule has 1 aromatic rings. The van der Waals surface area contributed by atoms with Crippen LogP contribution in [0.3, 0.4) is 0 Å². The van der Waals surface area contributed by atoms with Gasteiger partial charge in [-0.05, 0) is 66.0 Å². The van der Waals surface area contributed by atoms with E-state index in [-0.39, 0.29) is 3.57 Å². The van der Waals surface area contributed by atoms with Crippen LogP contribution in [0, 0.1) is 7.27 Å². The number of aromatic nitrogens is 2. The maximum Gasteiger partial charge on any atom is 0.434 e. The van der Waals surface area contributed by atoms with Gasteiger partial charge >= 0.3 is 6.18 Å². The van der Waals surface area contributed by atoms with Crippen LogP contribution in [0.2, 0.25) is 0 Å². The van der Waals surface area contributed by atoms with Crippen LogP contribution in [-0.4, -0.2) is 9.78 Å². The van der Waals surface area contributed by atoms with Crippen LogP contribution in [0.4, 0.5) is 13.2 Å². The lowest BCUT2D eigenvalue weighted by Gasteiger charge is -2.23. The third kappa shape index (κ3) is 2.77. The molecule has 1 rings (SSSR count). The van der Waals surface area contributed by atoms with Gasteiger partial charge in [0.25, 0.3) is 0 Å². The highest BCUT2D eigenvalue weighted by Gasteiger charge is 2.41. The van der Waals surface area contributed by atoms with Crippen LogP contribution < -0.4 is 0 Å². The van der Waals surface area contributed by atoms with Crippen LogP contribution in [0.25, 0.3) is 0 Å². The lowest BCUT2D eigenvalue weighted by atomic mass is 10.1. The van der Waals surface area contributed by atoms with Crippen LogP contribution in [0.1, 0.15) is 26.5 Å². The fourth-order valence-corrected chi connectivity index (χ4v) is 2.22. The van der Waals surface area contributed by atoms with Crippen molar-refractivity contribution >= 4 is 45.2 Å². The van der Waals surface area contributed by atoms with E-state index < -0.39 is 17.4 Å². The Hall–Kier alpha value is 0.460. The Balaban J connectivity index is 3.48. The minimum absolute atomic E-state index is 0.163. The molecule has 7 heteroatoms. The van der Waals surface area contributed by atoms with Gasteiger partial charge in [-0.1, -0.05) is 0 Å². The molecule has 0 atom stereocenters. The van der Waals surface area contributed by atoms with Gasteiger partial charge < -0.3 is 0 Å². The van der Waals surface area contributed by atoms with Gasteiger partial charge in [-0.25, -0.2) is 0 Å². The molecule has 0 aliphatic rings. The lowest BCUT2D eigenvalue weighted by Crippen LogP contribution is -2.29. The van der Waals surface area contributed by atoms with E-state index in [2.05, 4.69) is 5.10 Å². The molecule has 0 aromatic carbocycles. The minimum Gasteiger partial charge on any atom is -0.253 e. The maximum absolute atomic E-state index is 12.8. The second-order valence-corrected chi connectivity index (χ2v) is 6.13. The predicted molar refractivity (Wildman–Crippen MR) is 67.7 cm³/mol. The first-order valence-corrected chi connectivity index (χ1v) is 6.22. The van der Waals surface area contributed by atoms with Crippen LogP contribution in [0.5, 0.6) is 0 Å². The van der Waals surface area contributed by atoms with Crippen molar-refractivity contribution in [1.82, 2.24) is 9.78 Å². The SMILES string of the molecule is CC(C)(C)n1nc(I)c(I)c1C(F)(F)F. The first kappa shape index (κ1) is 13.5. The van der Waals surface area contributed by atoms with Gasteiger partial charge in [0.05, 0.1) is 9.11 Å². The van der Waals surface area contributed by atoms with Crippen LogP contribution in [-0.2, 0) is 11.7 Å². The van der Waals surface area contributed by atoms with Crippen molar-refractivity contribution in [2.24, 2.45) is 0 Å². The summed E-state index contributed by atoms with van der Waals surface area (Å²) in [4.78, 5) is 0. The summed E-state index contributed by atoms with van der Waals surface area (Å²) >= 11 is 3.49. The number of alkyl halides is 3. The molecule has 15 heavy (non-hydrogen) atoms. The molecule has 0 amide bonds. The topological polar surface area (TPSA) is 17.8 Å². The molecule has 0 aliphatic heterocycles. The number of halogens is 5. The number of hydrogen-bond acceptors (Lipinski definition) is 1. The normalized spacial score (nSPS) is 13.3. The molecule has 0 saturated heterocycles. The summed E-state index contributed by atoms with van der Waals surface area (Å²) in [6.07, 6.45) is -4.36. The molecule has 0 radical (unpaired) electrons. The molecule has 0 N–H and O–H groups in total. The van der Waals surface area contributed by atoms with E-state index in [1.54, 1.807) is 43.4 Å². The molecule has 1 heterocycles. The molecule has 86 valence electrons. The Bertz CT molecular complexity index is 376. The molecular formula is C8H9F3I2N2. The van der Waals surface area contributed by atoms with Gasteiger partial charge in [-0.2, -0.15) is 18.3 Å². The lowest BCUT2D eigenvalue weighted by molar-refractivity contribution is -0.146. The van der Waals surface area contributed by atoms with E-state index >= 15 is 0 Å². The summed E-state index contributed by atoms with van der Waals surface area (Å²) in [6, 6.07) is 0. The summed E-state index contributed by atoms with van der Waals surface area (Å²) in [5, 5.41) is 3.92. The molecular weight excluding hydrogens is 435 g/mol. The van der Waals surface area contributed by atoms with Crippen molar-refractivity contribution in [1.29, 1.82) is 0 Å². The smallest absolute Gasteiger partial charge is 0.253 e. The predicted octanol–water partition coefficient (Wildman–Crippen LogP) is 3.87. The zero-order valence-electron chi connectivity index (χ0n) is 8.28. The molecule has 0 spiro atoms. The maximum atomic E-state index is 12.8. The van der Waals surface area contributed by atoms with Gasteiger partial charge in [0.15, 0.2) is 5.69 Å². The van der Waals surface area contributed by atoms with Crippen molar-refractivity contribution in [3.05, 3.63) is 13.0 Å². The second-order valence-electron chi connectivity index (χ2n) is 4.03. The summed E-state index contributed by atoms with van der Waals surface area (Å²) in [5.41, 5.74) is -1.34. The minimum atomic E-state index is -4.36. The van der Waals surface area contributed by atoms with Crippen molar-refractivity contribution in [3.8, 4) is 0 Å². The third-order valence-electron chi connectivity index (χ3n) is 1.69. The van der Waals surface area contributed by atoms with E-state index in [1.807, 2.05) is 22.6 Å². The van der Waals surface area contributed by atoms with Crippen LogP contribution >= 0.6 is 45.2 Å². The van der Waals surface area contributed by atoms with Crippen molar-refractivity contribution in [3.63, 3.8) is 0 Å². The fraction of sp³-hybridized carbons (Fsp3) is 0.625. The zero-order chi connectivity index (χ0) is 12.0.